The molecule has 0 atom stereocenters. The topological polar surface area (TPSA) is 56.2 Å². The number of para-hydroxylation sites is 1. The van der Waals surface area contributed by atoms with E-state index in [-0.39, 0.29) is 11.8 Å². The molecule has 0 unspecified atom stereocenters. The zero-order chi connectivity index (χ0) is 15.5. The average molecular weight is 299 g/mol. The smallest absolute Gasteiger partial charge is 0.227 e. The van der Waals surface area contributed by atoms with E-state index >= 15 is 0 Å². The zero-order valence-corrected chi connectivity index (χ0v) is 13.0. The highest BCUT2D eigenvalue weighted by molar-refractivity contribution is 5.93. The summed E-state index contributed by atoms with van der Waals surface area (Å²) < 4.78 is 7.18. The van der Waals surface area contributed by atoms with Crippen molar-refractivity contribution >= 4 is 11.6 Å². The number of carbonyl (C=O) groups is 1. The maximum absolute atomic E-state index is 12.4. The Morgan fingerprint density at radius 2 is 1.91 bits per heavy atom. The van der Waals surface area contributed by atoms with Crippen molar-refractivity contribution in [1.29, 1.82) is 0 Å². The number of benzene rings is 1. The Morgan fingerprint density at radius 3 is 2.59 bits per heavy atom. The van der Waals surface area contributed by atoms with Crippen LogP contribution >= 0.6 is 0 Å². The Hall–Kier alpha value is -2.14. The molecule has 1 aliphatic rings. The molecule has 3 rings (SSSR count). The van der Waals surface area contributed by atoms with Gasteiger partial charge < -0.3 is 10.1 Å². The van der Waals surface area contributed by atoms with E-state index in [4.69, 9.17) is 4.74 Å². The molecular weight excluding hydrogens is 278 g/mol. The average Bonchev–Trinajstić information content (AvgIpc) is 2.84. The number of nitrogens with zero attached hydrogens (tertiary/aromatic N) is 2. The zero-order valence-electron chi connectivity index (χ0n) is 13.0. The van der Waals surface area contributed by atoms with Crippen LogP contribution in [0.1, 0.15) is 24.2 Å². The lowest BCUT2D eigenvalue weighted by molar-refractivity contribution is -0.122. The number of aromatic nitrogens is 2. The van der Waals surface area contributed by atoms with E-state index in [1.165, 1.54) is 0 Å². The number of carbonyl (C=O) groups excluding carboxylic acids is 1. The number of anilines is 1. The molecule has 0 radical (unpaired) electrons. The van der Waals surface area contributed by atoms with Crippen LogP contribution in [0.2, 0.25) is 0 Å². The predicted molar refractivity (Wildman–Crippen MR) is 85.2 cm³/mol. The van der Waals surface area contributed by atoms with E-state index in [1.807, 2.05) is 48.9 Å². The second-order valence-electron chi connectivity index (χ2n) is 5.67. The summed E-state index contributed by atoms with van der Waals surface area (Å²) in [7, 11) is 0. The lowest BCUT2D eigenvalue weighted by atomic mass is 9.99. The summed E-state index contributed by atoms with van der Waals surface area (Å²) in [6.45, 7) is 5.23. The standard InChI is InChI=1S/C17H21N3O2/c1-12-16(18-17(21)14-8-10-22-11-9-14)13(2)20(19-12)15-6-4-3-5-7-15/h3-7,14H,8-11H2,1-2H3,(H,18,21). The van der Waals surface area contributed by atoms with Crippen molar-refractivity contribution in [3.05, 3.63) is 41.7 Å². The molecule has 0 spiro atoms. The van der Waals surface area contributed by atoms with Gasteiger partial charge >= 0.3 is 0 Å². The van der Waals surface area contributed by atoms with Gasteiger partial charge in [0.1, 0.15) is 0 Å². The number of amides is 1. The van der Waals surface area contributed by atoms with Gasteiger partial charge in [-0.05, 0) is 38.8 Å². The summed E-state index contributed by atoms with van der Waals surface area (Å²) in [4.78, 5) is 12.4. The molecular formula is C17H21N3O2. The third-order valence-electron chi connectivity index (χ3n) is 4.13. The van der Waals surface area contributed by atoms with Gasteiger partial charge in [0.05, 0.1) is 22.8 Å². The fraction of sp³-hybridized carbons (Fsp3) is 0.412. The van der Waals surface area contributed by atoms with Crippen molar-refractivity contribution in [3.8, 4) is 5.69 Å². The molecule has 1 aromatic heterocycles. The second-order valence-corrected chi connectivity index (χ2v) is 5.67. The highest BCUT2D eigenvalue weighted by Gasteiger charge is 2.23. The Labute approximate surface area is 130 Å². The quantitative estimate of drug-likeness (QED) is 0.948. The van der Waals surface area contributed by atoms with E-state index in [0.29, 0.717) is 13.2 Å². The maximum atomic E-state index is 12.4. The maximum Gasteiger partial charge on any atom is 0.227 e. The molecule has 0 saturated carbocycles. The highest BCUT2D eigenvalue weighted by atomic mass is 16.5. The van der Waals surface area contributed by atoms with E-state index in [9.17, 15) is 4.79 Å². The molecule has 2 aromatic rings. The van der Waals surface area contributed by atoms with Crippen molar-refractivity contribution in [1.82, 2.24) is 9.78 Å². The van der Waals surface area contributed by atoms with Crippen molar-refractivity contribution < 1.29 is 9.53 Å². The molecule has 5 nitrogen and oxygen atoms in total. The van der Waals surface area contributed by atoms with Crippen molar-refractivity contribution in [2.24, 2.45) is 5.92 Å². The second kappa shape index (κ2) is 6.32. The van der Waals surface area contributed by atoms with E-state index < -0.39 is 0 Å². The summed E-state index contributed by atoms with van der Waals surface area (Å²) in [6, 6.07) is 9.94. The molecule has 1 amide bonds. The van der Waals surface area contributed by atoms with Gasteiger partial charge in [0.25, 0.3) is 0 Å². The third-order valence-corrected chi connectivity index (χ3v) is 4.13. The largest absolute Gasteiger partial charge is 0.381 e. The van der Waals surface area contributed by atoms with Crippen LogP contribution in [-0.2, 0) is 9.53 Å². The Morgan fingerprint density at radius 1 is 1.23 bits per heavy atom. The van der Waals surface area contributed by atoms with Crippen LogP contribution in [-0.4, -0.2) is 28.9 Å². The van der Waals surface area contributed by atoms with Crippen molar-refractivity contribution in [3.63, 3.8) is 0 Å². The fourth-order valence-electron chi connectivity index (χ4n) is 2.83. The number of hydrogen-bond donors (Lipinski definition) is 1. The molecule has 5 heteroatoms. The first kappa shape index (κ1) is 14.8. The van der Waals surface area contributed by atoms with Gasteiger partial charge in [-0.2, -0.15) is 5.10 Å². The van der Waals surface area contributed by atoms with Gasteiger partial charge in [-0.15, -0.1) is 0 Å². The first-order valence-corrected chi connectivity index (χ1v) is 7.67. The highest BCUT2D eigenvalue weighted by Crippen LogP contribution is 2.24. The lowest BCUT2D eigenvalue weighted by Crippen LogP contribution is -2.28. The lowest BCUT2D eigenvalue weighted by Gasteiger charge is -2.21. The summed E-state index contributed by atoms with van der Waals surface area (Å²) in [5.74, 6) is 0.106. The normalized spacial score (nSPS) is 15.7. The van der Waals surface area contributed by atoms with E-state index in [2.05, 4.69) is 10.4 Å². The summed E-state index contributed by atoms with van der Waals surface area (Å²) in [5.41, 5.74) is 3.60. The molecule has 1 aromatic carbocycles. The van der Waals surface area contributed by atoms with Gasteiger partial charge in [0, 0.05) is 19.1 Å². The SMILES string of the molecule is Cc1nn(-c2ccccc2)c(C)c1NC(=O)C1CCOCC1. The minimum absolute atomic E-state index is 0.0348. The summed E-state index contributed by atoms with van der Waals surface area (Å²) >= 11 is 0. The van der Waals surface area contributed by atoms with E-state index in [0.717, 1.165) is 35.6 Å². The monoisotopic (exact) mass is 299 g/mol. The van der Waals surface area contributed by atoms with Crippen LogP contribution in [0, 0.1) is 19.8 Å². The number of aryl methyl sites for hydroxylation is 1. The van der Waals surface area contributed by atoms with Crippen LogP contribution < -0.4 is 5.32 Å². The first-order chi connectivity index (χ1) is 10.7. The van der Waals surface area contributed by atoms with Crippen LogP contribution in [0.3, 0.4) is 0 Å². The number of ether oxygens (including phenoxy) is 1. The van der Waals surface area contributed by atoms with Crippen LogP contribution in [0.4, 0.5) is 5.69 Å². The van der Waals surface area contributed by atoms with Gasteiger partial charge in [-0.25, -0.2) is 4.68 Å². The first-order valence-electron chi connectivity index (χ1n) is 7.67. The molecule has 2 heterocycles. The van der Waals surface area contributed by atoms with E-state index in [1.54, 1.807) is 0 Å². The Balaban J connectivity index is 1.82. The predicted octanol–water partition coefficient (Wildman–Crippen LogP) is 2.85. The molecule has 1 fully saturated rings. The molecule has 1 saturated heterocycles. The van der Waals surface area contributed by atoms with Gasteiger partial charge in [0.2, 0.25) is 5.91 Å². The Bertz CT molecular complexity index is 658. The summed E-state index contributed by atoms with van der Waals surface area (Å²) in [5, 5.41) is 7.62. The Kier molecular flexibility index (Phi) is 4.24. The summed E-state index contributed by atoms with van der Waals surface area (Å²) in [6.07, 6.45) is 1.58. The molecule has 22 heavy (non-hydrogen) atoms. The van der Waals surface area contributed by atoms with Gasteiger partial charge in [0.15, 0.2) is 0 Å². The minimum atomic E-state index is 0.0348. The number of hydrogen-bond acceptors (Lipinski definition) is 3. The molecule has 1 N–H and O–H groups in total. The molecule has 116 valence electrons. The molecule has 0 bridgehead atoms. The van der Waals surface area contributed by atoms with Crippen molar-refractivity contribution in [2.75, 3.05) is 18.5 Å². The van der Waals surface area contributed by atoms with Crippen LogP contribution in [0.15, 0.2) is 30.3 Å². The van der Waals surface area contributed by atoms with Crippen LogP contribution in [0.25, 0.3) is 5.69 Å². The van der Waals surface area contributed by atoms with Gasteiger partial charge in [-0.3, -0.25) is 4.79 Å². The fourth-order valence-corrected chi connectivity index (χ4v) is 2.83. The minimum Gasteiger partial charge on any atom is -0.381 e. The van der Waals surface area contributed by atoms with Crippen molar-refractivity contribution in [2.45, 2.75) is 26.7 Å². The third kappa shape index (κ3) is 2.90. The molecule has 0 aliphatic carbocycles. The van der Waals surface area contributed by atoms with Gasteiger partial charge in [-0.1, -0.05) is 18.2 Å². The molecule has 1 aliphatic heterocycles. The number of rotatable bonds is 3. The number of nitrogens with one attached hydrogen (secondary N) is 1. The van der Waals surface area contributed by atoms with Crippen LogP contribution in [0.5, 0.6) is 0 Å².